The topological polar surface area (TPSA) is 89.3 Å². The zero-order valence-electron chi connectivity index (χ0n) is 11.7. The van der Waals surface area contributed by atoms with Crippen LogP contribution in [-0.2, 0) is 21.2 Å². The average molecular weight is 316 g/mol. The third-order valence-electron chi connectivity index (χ3n) is 3.59. The van der Waals surface area contributed by atoms with Gasteiger partial charge in [-0.1, -0.05) is 13.8 Å². The fourth-order valence-corrected chi connectivity index (χ4v) is 4.38. The van der Waals surface area contributed by atoms with Crippen molar-refractivity contribution in [3.8, 4) is 0 Å². The van der Waals surface area contributed by atoms with Crippen molar-refractivity contribution in [2.45, 2.75) is 49.8 Å². The summed E-state index contributed by atoms with van der Waals surface area (Å²) in [5, 5.41) is 8.06. The average Bonchev–Trinajstić information content (AvgIpc) is 2.84. The Morgan fingerprint density at radius 2 is 2.20 bits per heavy atom. The molecule has 1 unspecified atom stereocenters. The van der Waals surface area contributed by atoms with E-state index in [1.54, 1.807) is 6.07 Å². The number of carbonyl (C=O) groups excluding carboxylic acids is 1. The van der Waals surface area contributed by atoms with Gasteiger partial charge in [0.15, 0.2) is 0 Å². The van der Waals surface area contributed by atoms with Gasteiger partial charge in [0.1, 0.15) is 4.21 Å². The Morgan fingerprint density at radius 1 is 1.50 bits per heavy atom. The second-order valence-corrected chi connectivity index (χ2v) is 9.07. The molecule has 2 rings (SSSR count). The Kier molecular flexibility index (Phi) is 4.22. The highest BCUT2D eigenvalue weighted by molar-refractivity contribution is 7.91. The zero-order valence-corrected chi connectivity index (χ0v) is 13.3. The SMILES string of the molecule is CC1(C)CCC(NC(=O)Cc2ccc(S(N)(=O)=O)s2)C1. The summed E-state index contributed by atoms with van der Waals surface area (Å²) in [6, 6.07) is 3.32. The summed E-state index contributed by atoms with van der Waals surface area (Å²) in [6.45, 7) is 4.41. The van der Waals surface area contributed by atoms with E-state index in [-0.39, 0.29) is 22.6 Å². The minimum Gasteiger partial charge on any atom is -0.353 e. The first-order chi connectivity index (χ1) is 9.16. The van der Waals surface area contributed by atoms with E-state index in [1.165, 1.54) is 6.07 Å². The van der Waals surface area contributed by atoms with E-state index >= 15 is 0 Å². The zero-order chi connectivity index (χ0) is 15.0. The largest absolute Gasteiger partial charge is 0.353 e. The summed E-state index contributed by atoms with van der Waals surface area (Å²) in [7, 11) is -3.67. The van der Waals surface area contributed by atoms with Crippen molar-refractivity contribution in [1.82, 2.24) is 5.32 Å². The Hall–Kier alpha value is -0.920. The first-order valence-electron chi connectivity index (χ1n) is 6.57. The van der Waals surface area contributed by atoms with Gasteiger partial charge in [0.25, 0.3) is 0 Å². The molecule has 1 aliphatic carbocycles. The van der Waals surface area contributed by atoms with Crippen LogP contribution in [-0.4, -0.2) is 20.4 Å². The third-order valence-corrected chi connectivity index (χ3v) is 6.11. The highest BCUT2D eigenvalue weighted by Gasteiger charge is 2.31. The molecule has 3 N–H and O–H groups in total. The number of thiophene rings is 1. The quantitative estimate of drug-likeness (QED) is 0.885. The van der Waals surface area contributed by atoms with E-state index < -0.39 is 10.0 Å². The maximum absolute atomic E-state index is 12.0. The molecule has 0 bridgehead atoms. The molecule has 1 aliphatic rings. The minimum absolute atomic E-state index is 0.0597. The molecule has 0 spiro atoms. The van der Waals surface area contributed by atoms with Gasteiger partial charge >= 0.3 is 0 Å². The van der Waals surface area contributed by atoms with Crippen LogP contribution in [0.3, 0.4) is 0 Å². The van der Waals surface area contributed by atoms with Crippen LogP contribution in [0.25, 0.3) is 0 Å². The normalized spacial score (nSPS) is 21.9. The molecular formula is C13H20N2O3S2. The van der Waals surface area contributed by atoms with E-state index in [0.29, 0.717) is 10.3 Å². The molecule has 1 amide bonds. The first-order valence-corrected chi connectivity index (χ1v) is 8.93. The molecule has 7 heteroatoms. The third kappa shape index (κ3) is 4.04. The van der Waals surface area contributed by atoms with Crippen LogP contribution in [0.2, 0.25) is 0 Å². The molecule has 0 radical (unpaired) electrons. The van der Waals surface area contributed by atoms with Gasteiger partial charge in [-0.15, -0.1) is 11.3 Å². The molecule has 1 aromatic heterocycles. The molecule has 1 saturated carbocycles. The first kappa shape index (κ1) is 15.5. The van der Waals surface area contributed by atoms with Gasteiger partial charge in [0.2, 0.25) is 15.9 Å². The summed E-state index contributed by atoms with van der Waals surface area (Å²) in [4.78, 5) is 12.7. The molecule has 112 valence electrons. The Bertz CT molecular complexity index is 605. The fraction of sp³-hybridized carbons (Fsp3) is 0.615. The van der Waals surface area contributed by atoms with E-state index in [2.05, 4.69) is 19.2 Å². The van der Waals surface area contributed by atoms with Gasteiger partial charge in [-0.3, -0.25) is 4.79 Å². The highest BCUT2D eigenvalue weighted by Crippen LogP contribution is 2.36. The molecule has 0 aromatic carbocycles. The van der Waals surface area contributed by atoms with Crippen LogP contribution in [0, 0.1) is 5.41 Å². The Balaban J connectivity index is 1.91. The summed E-state index contributed by atoms with van der Waals surface area (Å²) in [5.41, 5.74) is 0.293. The lowest BCUT2D eigenvalue weighted by molar-refractivity contribution is -0.121. The number of hydrogen-bond acceptors (Lipinski definition) is 4. The van der Waals surface area contributed by atoms with Crippen LogP contribution in [0.5, 0.6) is 0 Å². The van der Waals surface area contributed by atoms with Crippen molar-refractivity contribution in [3.05, 3.63) is 17.0 Å². The lowest BCUT2D eigenvalue weighted by Crippen LogP contribution is -2.34. The molecule has 1 atom stereocenters. The smallest absolute Gasteiger partial charge is 0.247 e. The summed E-state index contributed by atoms with van der Waals surface area (Å²) in [6.07, 6.45) is 3.32. The van der Waals surface area contributed by atoms with Gasteiger partial charge in [0.05, 0.1) is 6.42 Å². The molecule has 20 heavy (non-hydrogen) atoms. The molecule has 1 heterocycles. The van der Waals surface area contributed by atoms with Crippen molar-refractivity contribution in [2.24, 2.45) is 10.6 Å². The van der Waals surface area contributed by atoms with Crippen molar-refractivity contribution >= 4 is 27.3 Å². The van der Waals surface area contributed by atoms with E-state index in [4.69, 9.17) is 5.14 Å². The van der Waals surface area contributed by atoms with Crippen LogP contribution in [0.15, 0.2) is 16.3 Å². The van der Waals surface area contributed by atoms with Gasteiger partial charge in [0, 0.05) is 10.9 Å². The highest BCUT2D eigenvalue weighted by atomic mass is 32.2. The van der Waals surface area contributed by atoms with Crippen LogP contribution >= 0.6 is 11.3 Å². The van der Waals surface area contributed by atoms with Crippen molar-refractivity contribution in [1.29, 1.82) is 0 Å². The molecule has 5 nitrogen and oxygen atoms in total. The standard InChI is InChI=1S/C13H20N2O3S2/c1-13(2)6-5-9(8-13)15-11(16)7-10-3-4-12(19-10)20(14,17)18/h3-4,9H,5-8H2,1-2H3,(H,15,16)(H2,14,17,18). The predicted molar refractivity (Wildman–Crippen MR) is 79.0 cm³/mol. The van der Waals surface area contributed by atoms with Crippen molar-refractivity contribution < 1.29 is 13.2 Å². The number of rotatable bonds is 4. The van der Waals surface area contributed by atoms with E-state index in [0.717, 1.165) is 30.6 Å². The van der Waals surface area contributed by atoms with Crippen molar-refractivity contribution in [2.75, 3.05) is 0 Å². The predicted octanol–water partition coefficient (Wildman–Crippen LogP) is 1.63. The maximum Gasteiger partial charge on any atom is 0.247 e. The summed E-state index contributed by atoms with van der Waals surface area (Å²) < 4.78 is 22.4. The number of nitrogens with one attached hydrogen (secondary N) is 1. The monoisotopic (exact) mass is 316 g/mol. The second-order valence-electron chi connectivity index (χ2n) is 6.11. The molecular weight excluding hydrogens is 296 g/mol. The van der Waals surface area contributed by atoms with Gasteiger partial charge in [-0.2, -0.15) is 0 Å². The maximum atomic E-state index is 12.0. The van der Waals surface area contributed by atoms with Crippen LogP contribution in [0.4, 0.5) is 0 Å². The molecule has 1 fully saturated rings. The molecule has 1 aromatic rings. The number of hydrogen-bond donors (Lipinski definition) is 2. The fourth-order valence-electron chi connectivity index (χ4n) is 2.60. The lowest BCUT2D eigenvalue weighted by Gasteiger charge is -2.17. The van der Waals surface area contributed by atoms with Gasteiger partial charge in [-0.25, -0.2) is 13.6 Å². The second kappa shape index (κ2) is 5.46. The minimum atomic E-state index is -3.67. The number of nitrogens with two attached hydrogens (primary N) is 1. The number of sulfonamides is 1. The van der Waals surface area contributed by atoms with Crippen molar-refractivity contribution in [3.63, 3.8) is 0 Å². The van der Waals surface area contributed by atoms with E-state index in [9.17, 15) is 13.2 Å². The summed E-state index contributed by atoms with van der Waals surface area (Å²) in [5.74, 6) is -0.0597. The number of carbonyl (C=O) groups is 1. The molecule has 0 aliphatic heterocycles. The van der Waals surface area contributed by atoms with Gasteiger partial charge in [-0.05, 0) is 36.8 Å². The van der Waals surface area contributed by atoms with E-state index in [1.807, 2.05) is 0 Å². The van der Waals surface area contributed by atoms with Gasteiger partial charge < -0.3 is 5.32 Å². The Labute approximate surface area is 123 Å². The lowest BCUT2D eigenvalue weighted by atomic mass is 9.92. The summed E-state index contributed by atoms with van der Waals surface area (Å²) >= 11 is 1.05. The van der Waals surface area contributed by atoms with Crippen LogP contribution < -0.4 is 10.5 Å². The Morgan fingerprint density at radius 3 is 2.70 bits per heavy atom. The number of primary sulfonamides is 1. The number of amides is 1. The molecule has 0 saturated heterocycles. The van der Waals surface area contributed by atoms with Crippen LogP contribution in [0.1, 0.15) is 38.0 Å².